The van der Waals surface area contributed by atoms with Gasteiger partial charge in [0.2, 0.25) is 5.79 Å². The van der Waals surface area contributed by atoms with E-state index in [9.17, 15) is 14.4 Å². The molecule has 24 N–H and O–H groups in total. The molecule has 3 fully saturated rings. The summed E-state index contributed by atoms with van der Waals surface area (Å²) < 4.78 is 32.3. The van der Waals surface area contributed by atoms with Crippen molar-refractivity contribution in [3.63, 3.8) is 0 Å². The summed E-state index contributed by atoms with van der Waals surface area (Å²) in [6.45, 7) is 13.3. The summed E-state index contributed by atoms with van der Waals surface area (Å²) in [6, 6.07) is 2.91. The highest BCUT2D eigenvalue weighted by Gasteiger charge is 2.39. The fourth-order valence-electron chi connectivity index (χ4n) is 6.06. The van der Waals surface area contributed by atoms with Gasteiger partial charge in [0, 0.05) is 51.7 Å². The fraction of sp³-hybridized carbons (Fsp3) is 0.706. The number of hydrogen-bond acceptors (Lipinski definition) is 30. The van der Waals surface area contributed by atoms with E-state index in [4.69, 9.17) is 111 Å². The molecule has 6 rings (SSSR count). The summed E-state index contributed by atoms with van der Waals surface area (Å²) in [7, 11) is 10.9. The van der Waals surface area contributed by atoms with Crippen LogP contribution in [0.25, 0.3) is 0 Å². The van der Waals surface area contributed by atoms with Crippen LogP contribution >= 0.6 is 35.0 Å². The van der Waals surface area contributed by atoms with Gasteiger partial charge in [0.15, 0.2) is 28.5 Å². The van der Waals surface area contributed by atoms with Gasteiger partial charge in [-0.1, -0.05) is 33.0 Å². The Kier molecular flexibility index (Phi) is 62.9. The number of hydrogen-bond donors (Lipinski definition) is 19. The minimum atomic E-state index is -1.03. The average molecular weight is 1300 g/mol. The lowest BCUT2D eigenvalue weighted by Gasteiger charge is -2.30. The number of alkyl halides is 2. The molecule has 0 amide bonds. The molecule has 1 spiro atoms. The number of pyridine rings is 2. The number of ketones is 1. The monoisotopic (exact) mass is 1300 g/mol. The molecule has 6 heterocycles. The number of carbonyl (C=O) groups excluding carboxylic acids is 1. The lowest BCUT2D eigenvalue weighted by Crippen LogP contribution is -2.52. The maximum atomic E-state index is 10.9. The van der Waals surface area contributed by atoms with Crippen molar-refractivity contribution in [2.75, 3.05) is 191 Å². The molecule has 3 saturated heterocycles. The second-order valence-electron chi connectivity index (χ2n) is 16.6. The van der Waals surface area contributed by atoms with Crippen molar-refractivity contribution in [2.45, 2.75) is 50.8 Å². The molecule has 2 aromatic rings. The number of thioether (sulfide) groups is 1. The number of carboxylic acids is 2. The zero-order valence-corrected chi connectivity index (χ0v) is 53.0. The number of nitrogens with two attached hydrogens (primary N) is 5. The van der Waals surface area contributed by atoms with Crippen LogP contribution < -0.4 is 71.2 Å². The summed E-state index contributed by atoms with van der Waals surface area (Å²) in [5.74, 6) is -3.08. The zero-order chi connectivity index (χ0) is 65.4. The number of rotatable bonds is 21. The number of aliphatic hydroxyl groups excluding tert-OH is 4. The van der Waals surface area contributed by atoms with E-state index in [-0.39, 0.29) is 62.1 Å². The third-order valence-corrected chi connectivity index (χ3v) is 10.4. The van der Waals surface area contributed by atoms with E-state index in [2.05, 4.69) is 62.5 Å². The lowest BCUT2D eigenvalue weighted by molar-refractivity contribution is -0.148. The molecular formula is C51H105Cl2N17O15S. The van der Waals surface area contributed by atoms with Crippen LogP contribution in [-0.2, 0) is 33.2 Å². The van der Waals surface area contributed by atoms with Crippen molar-refractivity contribution in [1.29, 1.82) is 0 Å². The summed E-state index contributed by atoms with van der Waals surface area (Å²) >= 11 is 10.8. The predicted octanol–water partition coefficient (Wildman–Crippen LogP) is -3.10. The van der Waals surface area contributed by atoms with E-state index < -0.39 is 35.4 Å². The van der Waals surface area contributed by atoms with Gasteiger partial charge in [0.1, 0.15) is 0 Å². The number of carbonyl (C=O) groups is 3. The highest BCUT2D eigenvalue weighted by molar-refractivity contribution is 8.13. The van der Waals surface area contributed by atoms with E-state index in [0.717, 1.165) is 13.1 Å². The number of likely N-dealkylation sites (N-methyl/N-ethyl adjacent to an activating group) is 6. The third-order valence-electron chi connectivity index (χ3n) is 9.90. The van der Waals surface area contributed by atoms with Crippen molar-refractivity contribution < 1.29 is 73.4 Å². The van der Waals surface area contributed by atoms with Crippen LogP contribution in [-0.4, -0.2) is 284 Å². The number of aliphatic imine (C=N–C) groups is 2. The third kappa shape index (κ3) is 46.0. The summed E-state index contributed by atoms with van der Waals surface area (Å²) in [5, 5.41) is 74.1. The molecule has 2 aromatic heterocycles. The SMILES string of the molecule is C.CC.CNCC(=O)CNC.CNCC(O)CNC.CNCC1(CNC)OCCO1.CSC(N)=Nc1cncc(C(=O)O)c1.ClCCl.NCC(O)CN.NCC1(CN)OCCO1.O=C(O)c1cncc(NC2=NCC3(CN2)OCCO3)c1.OCCO. The van der Waals surface area contributed by atoms with Gasteiger partial charge in [-0.3, -0.25) is 14.8 Å². The number of aromatic carboxylic acids is 2. The first-order valence-electron chi connectivity index (χ1n) is 26.7. The molecule has 0 aromatic carbocycles. The molecule has 0 bridgehead atoms. The van der Waals surface area contributed by atoms with E-state index in [1.54, 1.807) is 20.4 Å². The van der Waals surface area contributed by atoms with E-state index >= 15 is 0 Å². The van der Waals surface area contributed by atoms with Gasteiger partial charge < -0.3 is 130 Å². The number of nitrogens with one attached hydrogen (secondary N) is 8. The van der Waals surface area contributed by atoms with Gasteiger partial charge >= 0.3 is 11.9 Å². The highest BCUT2D eigenvalue weighted by Crippen LogP contribution is 2.22. The highest BCUT2D eigenvalue weighted by atomic mass is 35.5. The first-order valence-corrected chi connectivity index (χ1v) is 29.0. The Morgan fingerprint density at radius 2 is 1.12 bits per heavy atom. The number of nitrogens with zero attached hydrogens (tertiary/aromatic N) is 4. The first-order chi connectivity index (χ1) is 40.7. The molecule has 4 aliphatic heterocycles. The van der Waals surface area contributed by atoms with Crippen molar-refractivity contribution >= 4 is 75.2 Å². The second kappa shape index (κ2) is 59.7. The quantitative estimate of drug-likeness (QED) is 0.0334. The Hall–Kier alpha value is -4.22. The summed E-state index contributed by atoms with van der Waals surface area (Å²) in [5.41, 5.74) is 27.3. The molecule has 0 saturated carbocycles. The number of ether oxygens (including phenoxy) is 6. The number of carboxylic acid groups (broad SMARTS) is 2. The molecule has 0 atom stereocenters. The van der Waals surface area contributed by atoms with Crippen LogP contribution in [0.15, 0.2) is 46.9 Å². The van der Waals surface area contributed by atoms with E-state index in [1.807, 2.05) is 42.0 Å². The fourth-order valence-corrected chi connectivity index (χ4v) is 6.26. The molecule has 0 radical (unpaired) electrons. The van der Waals surface area contributed by atoms with Gasteiger partial charge in [-0.15, -0.1) is 23.2 Å². The van der Waals surface area contributed by atoms with Gasteiger partial charge in [0.25, 0.3) is 0 Å². The molecule has 0 aliphatic carbocycles. The normalized spacial score (nSPS) is 15.2. The maximum absolute atomic E-state index is 10.9. The number of halogens is 2. The Balaban J connectivity index is -0.000000299. The molecule has 86 heavy (non-hydrogen) atoms. The largest absolute Gasteiger partial charge is 0.478 e. The Morgan fingerprint density at radius 3 is 1.45 bits per heavy atom. The van der Waals surface area contributed by atoms with Crippen LogP contribution in [0.4, 0.5) is 11.4 Å². The summed E-state index contributed by atoms with van der Waals surface area (Å²) in [4.78, 5) is 47.8. The van der Waals surface area contributed by atoms with Gasteiger partial charge in [0.05, 0.1) is 145 Å². The second-order valence-corrected chi connectivity index (χ2v) is 18.3. The minimum absolute atomic E-state index is 0. The van der Waals surface area contributed by atoms with Gasteiger partial charge in [-0.05, 0) is 60.7 Å². The number of amidine groups is 1. The average Bonchev–Trinajstić information content (AvgIpc) is 3.46. The number of anilines is 1. The number of aromatic nitrogens is 2. The van der Waals surface area contributed by atoms with Crippen molar-refractivity contribution in [2.24, 2.45) is 38.7 Å². The van der Waals surface area contributed by atoms with Crippen LogP contribution in [0.2, 0.25) is 0 Å². The molecule has 35 heteroatoms. The molecule has 0 unspecified atom stereocenters. The van der Waals surface area contributed by atoms with Crippen molar-refractivity contribution in [3.05, 3.63) is 48.0 Å². The predicted molar refractivity (Wildman–Crippen MR) is 341 cm³/mol. The van der Waals surface area contributed by atoms with Crippen LogP contribution in [0.3, 0.4) is 0 Å². The topological polar surface area (TPSA) is 505 Å². The minimum Gasteiger partial charge on any atom is -0.478 e. The van der Waals surface area contributed by atoms with E-state index in [0.29, 0.717) is 115 Å². The lowest BCUT2D eigenvalue weighted by atomic mass is 10.2. The number of Topliss-reactive ketones (excluding diaryl/α,β-unsaturated/α-hetero) is 1. The van der Waals surface area contributed by atoms with Crippen molar-refractivity contribution in [1.82, 2.24) is 47.2 Å². The Morgan fingerprint density at radius 1 is 0.686 bits per heavy atom. The Bertz CT molecular complexity index is 1970. The first kappa shape index (κ1) is 90.5. The molecular weight excluding hydrogens is 1190 g/mol. The maximum Gasteiger partial charge on any atom is 0.337 e. The smallest absolute Gasteiger partial charge is 0.337 e. The van der Waals surface area contributed by atoms with Crippen LogP contribution in [0.5, 0.6) is 0 Å². The summed E-state index contributed by atoms with van der Waals surface area (Å²) in [6.07, 6.45) is 6.55. The molecule has 32 nitrogen and oxygen atoms in total. The standard InChI is InChI=1S/C12H14N4O4.C8H9N3O2S.C7H16N2O2.C5H12N2O2.C5H14N2O.C5H12N2O.C3H10N2O.C2H6O2.C2H6.CH2Cl2.CH4/c17-10(18)8-3-9(5-13-4-8)16-11-14-6-12(7-15-11)19-1-2-20-12;1-14-8(9)11-6-2-5(7(12)13)3-10-4-6;1-8-5-7(6-9-2)10-3-4-11-7;6-3-5(4-7)8-1-2-9-5;2*1-6-3-5(8)4-7-2;4-1-3(6)2-5;3-1-2-4;1-2;2-1-3;/h3-5H,1-2,6-7H2,(H,17,18)(H2,14,15,16);2-4H,1H3,(H2,9,11)(H,12,13);8-9H,3-6H2,1-2H3;1-4,6-7H2;5-8H,3-4H2,1-2H3;6-7H,3-4H2,1-2H3;3,6H,1-2,4-5H2;3-4H,1-2H2;1-2H3;1H2;1H4. The van der Waals surface area contributed by atoms with Gasteiger partial charge in [-0.2, -0.15) is 0 Å². The zero-order valence-electron chi connectivity index (χ0n) is 50.7. The number of guanidine groups is 1. The number of aliphatic hydroxyl groups is 4. The van der Waals surface area contributed by atoms with Gasteiger partial charge in [-0.25, -0.2) is 19.6 Å². The Labute approximate surface area is 521 Å². The van der Waals surface area contributed by atoms with E-state index in [1.165, 1.54) is 48.7 Å². The van der Waals surface area contributed by atoms with Crippen LogP contribution in [0, 0.1) is 0 Å². The van der Waals surface area contributed by atoms with Crippen molar-refractivity contribution in [3.8, 4) is 0 Å². The molecule has 4 aliphatic rings. The van der Waals surface area contributed by atoms with Crippen LogP contribution in [0.1, 0.15) is 42.0 Å². The molecule has 504 valence electrons.